The minimum atomic E-state index is -2.24. The number of rotatable bonds is 6. The van der Waals surface area contributed by atoms with Crippen LogP contribution in [0.4, 0.5) is 8.78 Å². The summed E-state index contributed by atoms with van der Waals surface area (Å²) in [5.74, 6) is 0. The molecule has 0 amide bonds. The Morgan fingerprint density at radius 2 is 2.09 bits per heavy atom. The van der Waals surface area contributed by atoms with E-state index in [4.69, 9.17) is 0 Å². The third-order valence-electron chi connectivity index (χ3n) is 1.51. The first-order valence-corrected chi connectivity index (χ1v) is 4.90. The van der Waals surface area contributed by atoms with Crippen molar-refractivity contribution >= 4 is 15.9 Å². The van der Waals surface area contributed by atoms with Crippen molar-refractivity contribution in [1.82, 2.24) is 5.32 Å². The van der Waals surface area contributed by atoms with Gasteiger partial charge >= 0.3 is 0 Å². The molecule has 0 rings (SSSR count). The SMILES string of the molecule is CCC(CCBr)NCC(F)F. The molecule has 4 heteroatoms. The molecule has 0 saturated heterocycles. The maximum Gasteiger partial charge on any atom is 0.250 e. The van der Waals surface area contributed by atoms with E-state index in [1.807, 2.05) is 6.92 Å². The van der Waals surface area contributed by atoms with Crippen molar-refractivity contribution in [3.8, 4) is 0 Å². The van der Waals surface area contributed by atoms with Crippen LogP contribution < -0.4 is 5.32 Å². The maximum absolute atomic E-state index is 11.7. The summed E-state index contributed by atoms with van der Waals surface area (Å²) < 4.78 is 23.4. The van der Waals surface area contributed by atoms with Gasteiger partial charge in [0.1, 0.15) is 0 Å². The van der Waals surface area contributed by atoms with Crippen LogP contribution in [0.15, 0.2) is 0 Å². The average Bonchev–Trinajstić information content (AvgIpc) is 1.97. The molecule has 1 atom stereocenters. The Bertz CT molecular complexity index is 90.5. The van der Waals surface area contributed by atoms with Crippen molar-refractivity contribution < 1.29 is 8.78 Å². The van der Waals surface area contributed by atoms with E-state index in [0.29, 0.717) is 0 Å². The monoisotopic (exact) mass is 229 g/mol. The van der Waals surface area contributed by atoms with Gasteiger partial charge in [-0.3, -0.25) is 0 Å². The lowest BCUT2D eigenvalue weighted by atomic mass is 10.2. The molecule has 0 heterocycles. The van der Waals surface area contributed by atoms with Gasteiger partial charge in [0.25, 0.3) is 6.43 Å². The minimum Gasteiger partial charge on any atom is -0.309 e. The predicted octanol–water partition coefficient (Wildman–Crippen LogP) is 2.40. The molecule has 0 fully saturated rings. The van der Waals surface area contributed by atoms with Gasteiger partial charge < -0.3 is 5.32 Å². The van der Waals surface area contributed by atoms with Crippen LogP contribution in [0.3, 0.4) is 0 Å². The van der Waals surface area contributed by atoms with Gasteiger partial charge in [0.15, 0.2) is 0 Å². The second kappa shape index (κ2) is 6.98. The van der Waals surface area contributed by atoms with Crippen LogP contribution in [0, 0.1) is 0 Å². The van der Waals surface area contributed by atoms with Gasteiger partial charge in [0.05, 0.1) is 6.54 Å². The molecule has 0 aliphatic carbocycles. The third kappa shape index (κ3) is 6.69. The number of hydrogen-bond donors (Lipinski definition) is 1. The topological polar surface area (TPSA) is 12.0 Å². The minimum absolute atomic E-state index is 0.189. The van der Waals surface area contributed by atoms with E-state index < -0.39 is 6.43 Å². The lowest BCUT2D eigenvalue weighted by Crippen LogP contribution is -2.32. The summed E-state index contributed by atoms with van der Waals surface area (Å²) >= 11 is 3.27. The van der Waals surface area contributed by atoms with Crippen LogP contribution in [0.1, 0.15) is 19.8 Å². The molecule has 68 valence electrons. The fourth-order valence-corrected chi connectivity index (χ4v) is 1.39. The first kappa shape index (κ1) is 11.3. The van der Waals surface area contributed by atoms with E-state index in [-0.39, 0.29) is 12.6 Å². The normalized spacial score (nSPS) is 13.9. The van der Waals surface area contributed by atoms with E-state index in [2.05, 4.69) is 21.2 Å². The Morgan fingerprint density at radius 3 is 2.45 bits per heavy atom. The molecule has 0 aromatic carbocycles. The van der Waals surface area contributed by atoms with Gasteiger partial charge in [-0.15, -0.1) is 0 Å². The lowest BCUT2D eigenvalue weighted by Gasteiger charge is -2.14. The van der Waals surface area contributed by atoms with Gasteiger partial charge in [0.2, 0.25) is 0 Å². The number of alkyl halides is 3. The van der Waals surface area contributed by atoms with Gasteiger partial charge in [-0.2, -0.15) is 0 Å². The molecule has 1 unspecified atom stereocenters. The zero-order chi connectivity index (χ0) is 8.69. The Labute approximate surface area is 74.7 Å². The fraction of sp³-hybridized carbons (Fsp3) is 1.00. The molecule has 0 bridgehead atoms. The highest BCUT2D eigenvalue weighted by molar-refractivity contribution is 9.09. The molecule has 0 aliphatic rings. The van der Waals surface area contributed by atoms with Crippen molar-refractivity contribution in [2.75, 3.05) is 11.9 Å². The predicted molar refractivity (Wildman–Crippen MR) is 46.5 cm³/mol. The summed E-state index contributed by atoms with van der Waals surface area (Å²) in [7, 11) is 0. The number of halogens is 3. The van der Waals surface area contributed by atoms with E-state index >= 15 is 0 Å². The second-order valence-electron chi connectivity index (χ2n) is 2.38. The molecule has 0 radical (unpaired) electrons. The van der Waals surface area contributed by atoms with Crippen molar-refractivity contribution in [3.05, 3.63) is 0 Å². The summed E-state index contributed by atoms with van der Waals surface area (Å²) in [6.07, 6.45) is -0.430. The number of hydrogen-bond acceptors (Lipinski definition) is 1. The van der Waals surface area contributed by atoms with Crippen molar-refractivity contribution in [2.45, 2.75) is 32.2 Å². The quantitative estimate of drug-likeness (QED) is 0.691. The van der Waals surface area contributed by atoms with Crippen LogP contribution in [0.5, 0.6) is 0 Å². The van der Waals surface area contributed by atoms with Gasteiger partial charge in [-0.1, -0.05) is 22.9 Å². The molecule has 0 saturated carbocycles. The smallest absolute Gasteiger partial charge is 0.250 e. The maximum atomic E-state index is 11.7. The van der Waals surface area contributed by atoms with Crippen LogP contribution >= 0.6 is 15.9 Å². The molecule has 0 aliphatic heterocycles. The summed E-state index contributed by atoms with van der Waals surface area (Å²) in [5, 5.41) is 3.65. The van der Waals surface area contributed by atoms with Crippen LogP contribution in [0.25, 0.3) is 0 Å². The second-order valence-corrected chi connectivity index (χ2v) is 3.18. The van der Waals surface area contributed by atoms with Crippen LogP contribution in [-0.2, 0) is 0 Å². The van der Waals surface area contributed by atoms with E-state index in [0.717, 1.165) is 18.2 Å². The Kier molecular flexibility index (Phi) is 7.17. The summed E-state index contributed by atoms with van der Waals surface area (Å²) in [6.45, 7) is 1.80. The Hall–Kier alpha value is 0.300. The lowest BCUT2D eigenvalue weighted by molar-refractivity contribution is 0.140. The van der Waals surface area contributed by atoms with E-state index in [1.54, 1.807) is 0 Å². The summed E-state index contributed by atoms with van der Waals surface area (Å²) in [6, 6.07) is 0.225. The van der Waals surface area contributed by atoms with Crippen molar-refractivity contribution in [3.63, 3.8) is 0 Å². The standard InChI is InChI=1S/C7H14BrF2N/c1-2-6(3-4-8)11-5-7(9)10/h6-7,11H,2-5H2,1H3. The fourth-order valence-electron chi connectivity index (χ4n) is 0.838. The zero-order valence-electron chi connectivity index (χ0n) is 6.62. The molecule has 0 aromatic heterocycles. The van der Waals surface area contributed by atoms with Crippen molar-refractivity contribution in [1.29, 1.82) is 0 Å². The third-order valence-corrected chi connectivity index (χ3v) is 1.97. The highest BCUT2D eigenvalue weighted by atomic mass is 79.9. The molecule has 0 aromatic rings. The Morgan fingerprint density at radius 1 is 1.45 bits per heavy atom. The summed E-state index contributed by atoms with van der Waals surface area (Å²) in [4.78, 5) is 0. The molecule has 1 N–H and O–H groups in total. The molecule has 11 heavy (non-hydrogen) atoms. The summed E-state index contributed by atoms with van der Waals surface area (Å²) in [5.41, 5.74) is 0. The molecule has 0 spiro atoms. The van der Waals surface area contributed by atoms with Crippen LogP contribution in [-0.4, -0.2) is 24.3 Å². The highest BCUT2D eigenvalue weighted by Gasteiger charge is 2.07. The van der Waals surface area contributed by atoms with E-state index in [1.165, 1.54) is 0 Å². The molecular weight excluding hydrogens is 216 g/mol. The molecular formula is C7H14BrF2N. The van der Waals surface area contributed by atoms with E-state index in [9.17, 15) is 8.78 Å². The zero-order valence-corrected chi connectivity index (χ0v) is 8.20. The molecule has 1 nitrogen and oxygen atoms in total. The largest absolute Gasteiger partial charge is 0.309 e. The average molecular weight is 230 g/mol. The first-order valence-electron chi connectivity index (χ1n) is 3.78. The number of nitrogens with one attached hydrogen (secondary N) is 1. The first-order chi connectivity index (χ1) is 5.20. The highest BCUT2D eigenvalue weighted by Crippen LogP contribution is 2.01. The van der Waals surface area contributed by atoms with Gasteiger partial charge in [0, 0.05) is 11.4 Å². The van der Waals surface area contributed by atoms with Crippen LogP contribution in [0.2, 0.25) is 0 Å². The Balaban J connectivity index is 3.35. The van der Waals surface area contributed by atoms with Gasteiger partial charge in [-0.25, -0.2) is 8.78 Å². The van der Waals surface area contributed by atoms with Crippen molar-refractivity contribution in [2.24, 2.45) is 0 Å². The van der Waals surface area contributed by atoms with Gasteiger partial charge in [-0.05, 0) is 12.8 Å².